The van der Waals surface area contributed by atoms with E-state index in [1.54, 1.807) is 0 Å². The Morgan fingerprint density at radius 2 is 2.08 bits per heavy atom. The minimum atomic E-state index is -0.0750. The summed E-state index contributed by atoms with van der Waals surface area (Å²) in [6.45, 7) is 8.69. The van der Waals surface area contributed by atoms with Gasteiger partial charge in [0.1, 0.15) is 6.29 Å². The third-order valence-corrected chi connectivity index (χ3v) is 1.93. The zero-order chi connectivity index (χ0) is 10.3. The molecule has 0 bridgehead atoms. The molecule has 0 atom stereocenters. The van der Waals surface area contributed by atoms with Crippen molar-refractivity contribution in [2.75, 3.05) is 6.61 Å². The third kappa shape index (κ3) is 6.52. The van der Waals surface area contributed by atoms with Crippen LogP contribution in [0.3, 0.4) is 0 Å². The Morgan fingerprint density at radius 3 is 2.54 bits per heavy atom. The number of ether oxygens (including phenoxy) is 1. The molecule has 0 aliphatic rings. The molecular formula is C11H20O2. The average molecular weight is 184 g/mol. The Hall–Kier alpha value is -0.630. The topological polar surface area (TPSA) is 26.3 Å². The van der Waals surface area contributed by atoms with Gasteiger partial charge in [0, 0.05) is 6.61 Å². The Labute approximate surface area is 81.0 Å². The summed E-state index contributed by atoms with van der Waals surface area (Å²) in [6.07, 6.45) is 4.69. The second kappa shape index (κ2) is 5.92. The van der Waals surface area contributed by atoms with Crippen LogP contribution in [0.25, 0.3) is 0 Å². The van der Waals surface area contributed by atoms with Gasteiger partial charge in [-0.3, -0.25) is 4.79 Å². The van der Waals surface area contributed by atoms with Crippen LogP contribution in [0.4, 0.5) is 0 Å². The number of hydrogen-bond donors (Lipinski definition) is 0. The molecule has 0 aromatic heterocycles. The zero-order valence-corrected chi connectivity index (χ0v) is 9.09. The summed E-state index contributed by atoms with van der Waals surface area (Å²) in [4.78, 5) is 10.3. The van der Waals surface area contributed by atoms with Gasteiger partial charge in [-0.15, -0.1) is 0 Å². The molecule has 0 amide bonds. The molecule has 0 heterocycles. The van der Waals surface area contributed by atoms with Crippen LogP contribution in [0.1, 0.15) is 40.5 Å². The van der Waals surface area contributed by atoms with Crippen molar-refractivity contribution in [3.63, 3.8) is 0 Å². The van der Waals surface area contributed by atoms with Crippen LogP contribution in [-0.4, -0.2) is 18.5 Å². The maximum Gasteiger partial charge on any atom is 0.145 e. The summed E-state index contributed by atoms with van der Waals surface area (Å²) < 4.78 is 5.53. The molecule has 0 aromatic carbocycles. The van der Waals surface area contributed by atoms with Crippen LogP contribution in [0, 0.1) is 0 Å². The van der Waals surface area contributed by atoms with E-state index in [1.165, 1.54) is 0 Å². The van der Waals surface area contributed by atoms with Gasteiger partial charge in [0.15, 0.2) is 0 Å². The molecule has 0 aliphatic carbocycles. The molecule has 13 heavy (non-hydrogen) atoms. The third-order valence-electron chi connectivity index (χ3n) is 1.93. The highest BCUT2D eigenvalue weighted by Gasteiger charge is 2.15. The summed E-state index contributed by atoms with van der Waals surface area (Å²) in [5, 5.41) is 0. The summed E-state index contributed by atoms with van der Waals surface area (Å²) in [7, 11) is 0. The Balaban J connectivity index is 3.81. The number of carbonyl (C=O) groups is 1. The molecule has 0 aliphatic heterocycles. The van der Waals surface area contributed by atoms with E-state index in [1.807, 2.05) is 19.9 Å². The lowest BCUT2D eigenvalue weighted by atomic mass is 10.0. The van der Waals surface area contributed by atoms with Gasteiger partial charge in [-0.05, 0) is 46.1 Å². The van der Waals surface area contributed by atoms with Gasteiger partial charge in [0.05, 0.1) is 5.60 Å². The lowest BCUT2D eigenvalue weighted by Gasteiger charge is -2.23. The van der Waals surface area contributed by atoms with E-state index >= 15 is 0 Å². The molecule has 0 N–H and O–H groups in total. The van der Waals surface area contributed by atoms with Crippen molar-refractivity contribution in [1.29, 1.82) is 0 Å². The molecule has 76 valence electrons. The van der Waals surface area contributed by atoms with Crippen molar-refractivity contribution in [2.45, 2.75) is 46.1 Å². The molecule has 0 rings (SSSR count). The normalized spacial score (nSPS) is 13.1. The van der Waals surface area contributed by atoms with E-state index in [4.69, 9.17) is 4.74 Å². The molecule has 0 unspecified atom stereocenters. The fraction of sp³-hybridized carbons (Fsp3) is 0.727. The largest absolute Gasteiger partial charge is 0.376 e. The number of rotatable bonds is 6. The quantitative estimate of drug-likeness (QED) is 0.468. The van der Waals surface area contributed by atoms with Crippen molar-refractivity contribution in [1.82, 2.24) is 0 Å². The van der Waals surface area contributed by atoms with Crippen molar-refractivity contribution < 1.29 is 9.53 Å². The smallest absolute Gasteiger partial charge is 0.145 e. The van der Waals surface area contributed by atoms with Gasteiger partial charge in [0.2, 0.25) is 0 Å². The van der Waals surface area contributed by atoms with Crippen molar-refractivity contribution in [3.8, 4) is 0 Å². The minimum Gasteiger partial charge on any atom is -0.376 e. The predicted molar refractivity (Wildman–Crippen MR) is 54.8 cm³/mol. The van der Waals surface area contributed by atoms with Crippen LogP contribution in [0.15, 0.2) is 11.6 Å². The molecule has 0 saturated heterocycles. The monoisotopic (exact) mass is 184 g/mol. The van der Waals surface area contributed by atoms with Gasteiger partial charge in [-0.25, -0.2) is 0 Å². The highest BCUT2D eigenvalue weighted by atomic mass is 16.5. The minimum absolute atomic E-state index is 0.0750. The number of hydrogen-bond acceptors (Lipinski definition) is 2. The van der Waals surface area contributed by atoms with E-state index < -0.39 is 0 Å². The molecular weight excluding hydrogens is 164 g/mol. The standard InChI is InChI=1S/C11H20O2/c1-5-13-11(3,4)8-6-7-10(2)9-12/h7,9H,5-6,8H2,1-4H3. The highest BCUT2D eigenvalue weighted by Crippen LogP contribution is 2.17. The lowest BCUT2D eigenvalue weighted by molar-refractivity contribution is -0.104. The van der Waals surface area contributed by atoms with Crippen molar-refractivity contribution >= 4 is 6.29 Å². The van der Waals surface area contributed by atoms with Gasteiger partial charge < -0.3 is 4.74 Å². The summed E-state index contributed by atoms with van der Waals surface area (Å²) in [5.74, 6) is 0. The molecule has 0 radical (unpaired) electrons. The second-order valence-electron chi connectivity index (χ2n) is 3.80. The van der Waals surface area contributed by atoms with Gasteiger partial charge >= 0.3 is 0 Å². The molecule has 0 saturated carbocycles. The summed E-state index contributed by atoms with van der Waals surface area (Å²) >= 11 is 0. The van der Waals surface area contributed by atoms with E-state index in [0.29, 0.717) is 0 Å². The van der Waals surface area contributed by atoms with Gasteiger partial charge in [-0.1, -0.05) is 6.08 Å². The van der Waals surface area contributed by atoms with Crippen LogP contribution in [-0.2, 0) is 9.53 Å². The molecule has 0 spiro atoms. The van der Waals surface area contributed by atoms with Crippen molar-refractivity contribution in [3.05, 3.63) is 11.6 Å². The summed E-state index contributed by atoms with van der Waals surface area (Å²) in [6, 6.07) is 0. The van der Waals surface area contributed by atoms with Crippen LogP contribution < -0.4 is 0 Å². The van der Waals surface area contributed by atoms with Crippen LogP contribution >= 0.6 is 0 Å². The highest BCUT2D eigenvalue weighted by molar-refractivity contribution is 5.71. The van der Waals surface area contributed by atoms with E-state index in [2.05, 4.69) is 13.8 Å². The molecule has 2 nitrogen and oxygen atoms in total. The second-order valence-corrected chi connectivity index (χ2v) is 3.80. The first-order chi connectivity index (χ1) is 6.02. The first-order valence-electron chi connectivity index (χ1n) is 4.77. The maximum absolute atomic E-state index is 10.3. The fourth-order valence-electron chi connectivity index (χ4n) is 1.16. The van der Waals surface area contributed by atoms with E-state index in [0.717, 1.165) is 31.3 Å². The predicted octanol–water partition coefficient (Wildman–Crippen LogP) is 2.73. The first kappa shape index (κ1) is 12.4. The average Bonchev–Trinajstić information content (AvgIpc) is 2.03. The SMILES string of the molecule is CCOC(C)(C)CCC=C(C)C=O. The summed E-state index contributed by atoms with van der Waals surface area (Å²) in [5.41, 5.74) is 0.723. The number of aldehydes is 1. The fourth-order valence-corrected chi connectivity index (χ4v) is 1.16. The van der Waals surface area contributed by atoms with E-state index in [-0.39, 0.29) is 5.60 Å². The Kier molecular flexibility index (Phi) is 5.63. The van der Waals surface area contributed by atoms with Gasteiger partial charge in [0.25, 0.3) is 0 Å². The first-order valence-corrected chi connectivity index (χ1v) is 4.77. The molecule has 0 aromatic rings. The van der Waals surface area contributed by atoms with Gasteiger partial charge in [-0.2, -0.15) is 0 Å². The number of allylic oxidation sites excluding steroid dienone is 2. The Morgan fingerprint density at radius 1 is 1.46 bits per heavy atom. The molecule has 0 fully saturated rings. The van der Waals surface area contributed by atoms with Crippen molar-refractivity contribution in [2.24, 2.45) is 0 Å². The van der Waals surface area contributed by atoms with Crippen LogP contribution in [0.5, 0.6) is 0 Å². The van der Waals surface area contributed by atoms with Crippen LogP contribution in [0.2, 0.25) is 0 Å². The maximum atomic E-state index is 10.3. The Bertz CT molecular complexity index is 181. The zero-order valence-electron chi connectivity index (χ0n) is 9.09. The van der Waals surface area contributed by atoms with E-state index in [9.17, 15) is 4.79 Å². The number of carbonyl (C=O) groups excluding carboxylic acids is 1. The lowest BCUT2D eigenvalue weighted by Crippen LogP contribution is -2.23. The molecule has 2 heteroatoms.